The van der Waals surface area contributed by atoms with Crippen LogP contribution in [0.1, 0.15) is 104 Å². The van der Waals surface area contributed by atoms with E-state index in [4.69, 9.17) is 4.74 Å². The average molecular weight is 396 g/mol. The Hall–Kier alpha value is -0.610. The van der Waals surface area contributed by atoms with Crippen LogP contribution in [0.4, 0.5) is 0 Å². The highest BCUT2D eigenvalue weighted by Gasteiger charge is 2.45. The number of rotatable bonds is 12. The van der Waals surface area contributed by atoms with Gasteiger partial charge in [-0.05, 0) is 63.8 Å². The molecular weight excluding hydrogens is 350 g/mol. The summed E-state index contributed by atoms with van der Waals surface area (Å²) in [6, 6.07) is 0. The molecule has 164 valence electrons. The maximum atomic E-state index is 12.9. The molecule has 4 heteroatoms. The second-order valence-electron chi connectivity index (χ2n) is 9.36. The van der Waals surface area contributed by atoms with E-state index in [1.807, 2.05) is 0 Å². The Bertz CT molecular complexity index is 432. The Morgan fingerprint density at radius 2 is 1.82 bits per heavy atom. The summed E-state index contributed by atoms with van der Waals surface area (Å²) in [7, 11) is 0. The van der Waals surface area contributed by atoms with Gasteiger partial charge < -0.3 is 15.2 Å². The van der Waals surface area contributed by atoms with E-state index < -0.39 is 0 Å². The van der Waals surface area contributed by atoms with Gasteiger partial charge in [0.2, 0.25) is 0 Å². The van der Waals surface area contributed by atoms with Crippen molar-refractivity contribution in [2.45, 2.75) is 110 Å². The molecule has 1 spiro atoms. The molecule has 2 atom stereocenters. The van der Waals surface area contributed by atoms with Crippen LogP contribution in [0.25, 0.3) is 0 Å². The predicted molar refractivity (Wildman–Crippen MR) is 115 cm³/mol. The minimum absolute atomic E-state index is 0.0300. The Labute approximate surface area is 173 Å². The SMILES string of the molecule is CCCCCCCCC(CC)C(=O)OC1CNCCC12CCC(CCO)CC2. The number of esters is 1. The number of nitrogens with one attached hydrogen (secondary N) is 1. The minimum atomic E-state index is 0.0300. The number of piperidine rings is 1. The molecular formula is C24H45NO3. The highest BCUT2D eigenvalue weighted by molar-refractivity contribution is 5.72. The molecule has 2 unspecified atom stereocenters. The number of hydrogen-bond donors (Lipinski definition) is 2. The van der Waals surface area contributed by atoms with E-state index in [-0.39, 0.29) is 23.4 Å². The van der Waals surface area contributed by atoms with Gasteiger partial charge in [0.05, 0.1) is 5.92 Å². The monoisotopic (exact) mass is 395 g/mol. The van der Waals surface area contributed by atoms with Crippen LogP contribution in [0.5, 0.6) is 0 Å². The topological polar surface area (TPSA) is 58.6 Å². The lowest BCUT2D eigenvalue weighted by Crippen LogP contribution is -2.53. The molecule has 2 fully saturated rings. The third-order valence-corrected chi connectivity index (χ3v) is 7.44. The third-order valence-electron chi connectivity index (χ3n) is 7.44. The number of aliphatic hydroxyl groups excluding tert-OH is 1. The van der Waals surface area contributed by atoms with E-state index >= 15 is 0 Å². The fourth-order valence-corrected chi connectivity index (χ4v) is 5.31. The van der Waals surface area contributed by atoms with E-state index in [9.17, 15) is 9.90 Å². The van der Waals surface area contributed by atoms with Crippen molar-refractivity contribution in [2.24, 2.45) is 17.3 Å². The molecule has 2 aliphatic rings. The van der Waals surface area contributed by atoms with Crippen LogP contribution in [-0.2, 0) is 9.53 Å². The van der Waals surface area contributed by atoms with Crippen LogP contribution in [0.3, 0.4) is 0 Å². The first-order valence-corrected chi connectivity index (χ1v) is 12.2. The highest BCUT2D eigenvalue weighted by Crippen LogP contribution is 2.47. The molecule has 1 aliphatic heterocycles. The fourth-order valence-electron chi connectivity index (χ4n) is 5.31. The summed E-state index contributed by atoms with van der Waals surface area (Å²) in [5.74, 6) is 0.760. The zero-order chi connectivity index (χ0) is 20.2. The number of carbonyl (C=O) groups is 1. The smallest absolute Gasteiger partial charge is 0.309 e. The second-order valence-corrected chi connectivity index (χ2v) is 9.36. The third kappa shape index (κ3) is 7.02. The molecule has 4 nitrogen and oxygen atoms in total. The summed E-state index contributed by atoms with van der Waals surface area (Å²) in [5, 5.41) is 12.7. The maximum Gasteiger partial charge on any atom is 0.309 e. The van der Waals surface area contributed by atoms with Gasteiger partial charge in [-0.1, -0.05) is 52.4 Å². The molecule has 0 radical (unpaired) electrons. The molecule has 0 aromatic rings. The summed E-state index contributed by atoms with van der Waals surface area (Å²) in [5.41, 5.74) is 0.172. The molecule has 1 saturated heterocycles. The largest absolute Gasteiger partial charge is 0.460 e. The molecule has 2 rings (SSSR count). The first-order valence-electron chi connectivity index (χ1n) is 12.2. The second kappa shape index (κ2) is 12.8. The van der Waals surface area contributed by atoms with Crippen molar-refractivity contribution in [3.63, 3.8) is 0 Å². The van der Waals surface area contributed by atoms with Crippen molar-refractivity contribution in [3.8, 4) is 0 Å². The summed E-state index contributed by atoms with van der Waals surface area (Å²) < 4.78 is 6.18. The van der Waals surface area contributed by atoms with Crippen LogP contribution in [0.2, 0.25) is 0 Å². The van der Waals surface area contributed by atoms with E-state index in [2.05, 4.69) is 19.2 Å². The zero-order valence-corrected chi connectivity index (χ0v) is 18.5. The van der Waals surface area contributed by atoms with Gasteiger partial charge in [0, 0.05) is 18.6 Å². The van der Waals surface area contributed by atoms with Gasteiger partial charge in [-0.25, -0.2) is 0 Å². The lowest BCUT2D eigenvalue weighted by atomic mass is 9.64. The Morgan fingerprint density at radius 1 is 1.11 bits per heavy atom. The van der Waals surface area contributed by atoms with Crippen molar-refractivity contribution in [1.82, 2.24) is 5.32 Å². The van der Waals surface area contributed by atoms with E-state index in [0.29, 0.717) is 12.5 Å². The Balaban J connectivity index is 1.82. The molecule has 0 bridgehead atoms. The fraction of sp³-hybridized carbons (Fsp3) is 0.958. The lowest BCUT2D eigenvalue weighted by molar-refractivity contribution is -0.166. The van der Waals surface area contributed by atoms with Crippen molar-refractivity contribution in [3.05, 3.63) is 0 Å². The van der Waals surface area contributed by atoms with Crippen LogP contribution >= 0.6 is 0 Å². The molecule has 1 saturated carbocycles. The normalized spacial score (nSPS) is 29.0. The van der Waals surface area contributed by atoms with Crippen LogP contribution < -0.4 is 5.32 Å². The van der Waals surface area contributed by atoms with Gasteiger partial charge in [-0.2, -0.15) is 0 Å². The van der Waals surface area contributed by atoms with Crippen LogP contribution in [-0.4, -0.2) is 36.9 Å². The molecule has 1 heterocycles. The molecule has 2 N–H and O–H groups in total. The van der Waals surface area contributed by atoms with E-state index in [0.717, 1.165) is 58.0 Å². The number of aliphatic hydroxyl groups is 1. The lowest BCUT2D eigenvalue weighted by Gasteiger charge is -2.48. The van der Waals surface area contributed by atoms with Crippen molar-refractivity contribution < 1.29 is 14.6 Å². The predicted octanol–water partition coefficient (Wildman–Crippen LogP) is 5.23. The maximum absolute atomic E-state index is 12.9. The quantitative estimate of drug-likeness (QED) is 0.351. The Kier molecular flexibility index (Phi) is 10.9. The standard InChI is InChI=1S/C24H45NO3/c1-3-5-6-7-8-9-10-21(4-2)23(27)28-22-19-25-17-16-24(22)14-11-20(12-15-24)13-18-26/h20-22,25-26H,3-19H2,1-2H3. The number of carbonyl (C=O) groups excluding carboxylic acids is 1. The molecule has 0 aromatic heterocycles. The summed E-state index contributed by atoms with van der Waals surface area (Å²) in [6.45, 7) is 6.51. The zero-order valence-electron chi connectivity index (χ0n) is 18.5. The summed E-state index contributed by atoms with van der Waals surface area (Å²) in [4.78, 5) is 12.9. The average Bonchev–Trinajstić information content (AvgIpc) is 2.71. The van der Waals surface area contributed by atoms with Gasteiger partial charge in [-0.15, -0.1) is 0 Å². The van der Waals surface area contributed by atoms with Crippen LogP contribution in [0.15, 0.2) is 0 Å². The summed E-state index contributed by atoms with van der Waals surface area (Å²) in [6.07, 6.45) is 16.2. The van der Waals surface area contributed by atoms with Gasteiger partial charge in [0.25, 0.3) is 0 Å². The minimum Gasteiger partial charge on any atom is -0.460 e. The van der Waals surface area contributed by atoms with E-state index in [1.54, 1.807) is 0 Å². The van der Waals surface area contributed by atoms with Crippen molar-refractivity contribution in [2.75, 3.05) is 19.7 Å². The van der Waals surface area contributed by atoms with Gasteiger partial charge >= 0.3 is 5.97 Å². The van der Waals surface area contributed by atoms with Crippen molar-refractivity contribution >= 4 is 5.97 Å². The van der Waals surface area contributed by atoms with Gasteiger partial charge in [0.15, 0.2) is 0 Å². The first-order chi connectivity index (χ1) is 13.6. The van der Waals surface area contributed by atoms with E-state index in [1.165, 1.54) is 44.9 Å². The number of ether oxygens (including phenoxy) is 1. The first kappa shape index (κ1) is 23.7. The Morgan fingerprint density at radius 3 is 2.50 bits per heavy atom. The van der Waals surface area contributed by atoms with Gasteiger partial charge in [0.1, 0.15) is 6.10 Å². The summed E-state index contributed by atoms with van der Waals surface area (Å²) >= 11 is 0. The molecule has 0 amide bonds. The van der Waals surface area contributed by atoms with Gasteiger partial charge in [-0.3, -0.25) is 4.79 Å². The number of unbranched alkanes of at least 4 members (excludes halogenated alkanes) is 5. The number of hydrogen-bond acceptors (Lipinski definition) is 4. The molecule has 0 aromatic carbocycles. The highest BCUT2D eigenvalue weighted by atomic mass is 16.5. The van der Waals surface area contributed by atoms with Crippen molar-refractivity contribution in [1.29, 1.82) is 0 Å². The molecule has 28 heavy (non-hydrogen) atoms. The van der Waals surface area contributed by atoms with Crippen LogP contribution in [0, 0.1) is 17.3 Å². The molecule has 1 aliphatic carbocycles.